The largest absolute Gasteiger partial charge is 0.334 e. The number of hydrogen-bond acceptors (Lipinski definition) is 4. The molecule has 0 aliphatic heterocycles. The predicted molar refractivity (Wildman–Crippen MR) is 96.0 cm³/mol. The Morgan fingerprint density at radius 1 is 1.28 bits per heavy atom. The second kappa shape index (κ2) is 6.83. The quantitative estimate of drug-likeness (QED) is 0.650. The fourth-order valence-electron chi connectivity index (χ4n) is 2.57. The van der Waals surface area contributed by atoms with Crippen LogP contribution in [0, 0.1) is 13.8 Å². The molecule has 3 heterocycles. The number of carbonyl (C=O) groups excluding carboxylic acids is 1. The maximum Gasteiger partial charge on any atom is 0.274 e. The summed E-state index contributed by atoms with van der Waals surface area (Å²) in [6.45, 7) is 4.87. The van der Waals surface area contributed by atoms with E-state index in [-0.39, 0.29) is 5.91 Å². The first-order valence-corrected chi connectivity index (χ1v) is 8.61. The van der Waals surface area contributed by atoms with Gasteiger partial charge in [-0.2, -0.15) is 15.3 Å². The van der Waals surface area contributed by atoms with Crippen molar-refractivity contribution in [3.63, 3.8) is 0 Å². The zero-order valence-electron chi connectivity index (χ0n) is 14.6. The number of rotatable bonds is 5. The van der Waals surface area contributed by atoms with Crippen molar-refractivity contribution in [3.05, 3.63) is 51.8 Å². The van der Waals surface area contributed by atoms with Gasteiger partial charge in [-0.25, -0.2) is 4.68 Å². The van der Waals surface area contributed by atoms with Gasteiger partial charge in [-0.1, -0.05) is 0 Å². The summed E-state index contributed by atoms with van der Waals surface area (Å²) < 4.78 is 6.30. The Bertz CT molecular complexity index is 908. The number of aryl methyl sites for hydroxylation is 2. The van der Waals surface area contributed by atoms with Gasteiger partial charge in [-0.15, -0.1) is 0 Å². The normalized spacial score (nSPS) is 11.1. The van der Waals surface area contributed by atoms with E-state index in [0.29, 0.717) is 18.9 Å². The lowest BCUT2D eigenvalue weighted by atomic mass is 10.3. The first-order valence-electron chi connectivity index (χ1n) is 7.82. The molecule has 0 aliphatic carbocycles. The zero-order chi connectivity index (χ0) is 18.1. The molecule has 0 unspecified atom stereocenters. The van der Waals surface area contributed by atoms with E-state index >= 15 is 0 Å². The molecule has 1 amide bonds. The lowest BCUT2D eigenvalue weighted by Crippen LogP contribution is -2.27. The molecule has 25 heavy (non-hydrogen) atoms. The van der Waals surface area contributed by atoms with Crippen molar-refractivity contribution in [2.45, 2.75) is 27.1 Å². The zero-order valence-corrected chi connectivity index (χ0v) is 16.2. The number of amides is 1. The van der Waals surface area contributed by atoms with Crippen molar-refractivity contribution in [1.82, 2.24) is 34.2 Å². The number of carbonyl (C=O) groups is 1. The molecule has 0 fully saturated rings. The van der Waals surface area contributed by atoms with Crippen LogP contribution in [0.4, 0.5) is 0 Å². The third-order valence-corrected chi connectivity index (χ3v) is 5.25. The summed E-state index contributed by atoms with van der Waals surface area (Å²) in [4.78, 5) is 14.2. The Balaban J connectivity index is 1.71. The maximum absolute atomic E-state index is 12.6. The standard InChI is InChI=1S/C16H20BrN7O/c1-11-15(17)12(2)24(19-11)10-23-8-6-14(20-23)16(25)21(3)9-13-5-7-18-22(13)4/h5-8H,9-10H2,1-4H3. The molecule has 9 heteroatoms. The minimum absolute atomic E-state index is 0.130. The van der Waals surface area contributed by atoms with E-state index in [2.05, 4.69) is 31.2 Å². The molecule has 3 aromatic rings. The Morgan fingerprint density at radius 3 is 2.64 bits per heavy atom. The topological polar surface area (TPSA) is 73.8 Å². The van der Waals surface area contributed by atoms with E-state index in [0.717, 1.165) is 21.6 Å². The summed E-state index contributed by atoms with van der Waals surface area (Å²) in [6, 6.07) is 3.62. The highest BCUT2D eigenvalue weighted by Gasteiger charge is 2.17. The minimum Gasteiger partial charge on any atom is -0.334 e. The van der Waals surface area contributed by atoms with Crippen molar-refractivity contribution in [2.75, 3.05) is 7.05 Å². The molecule has 0 atom stereocenters. The molecule has 0 aromatic carbocycles. The van der Waals surface area contributed by atoms with Crippen molar-refractivity contribution in [3.8, 4) is 0 Å². The molecular weight excluding hydrogens is 386 g/mol. The minimum atomic E-state index is -0.130. The van der Waals surface area contributed by atoms with Gasteiger partial charge < -0.3 is 4.90 Å². The molecule has 0 saturated carbocycles. The smallest absolute Gasteiger partial charge is 0.274 e. The molecule has 0 saturated heterocycles. The number of hydrogen-bond donors (Lipinski definition) is 0. The molecule has 8 nitrogen and oxygen atoms in total. The Hall–Kier alpha value is -2.42. The second-order valence-corrected chi connectivity index (χ2v) is 6.77. The fourth-order valence-corrected chi connectivity index (χ4v) is 2.86. The van der Waals surface area contributed by atoms with Gasteiger partial charge in [-0.3, -0.25) is 14.2 Å². The molecule has 0 spiro atoms. The van der Waals surface area contributed by atoms with Gasteiger partial charge in [0.15, 0.2) is 0 Å². The van der Waals surface area contributed by atoms with E-state index in [9.17, 15) is 4.79 Å². The van der Waals surface area contributed by atoms with E-state index in [4.69, 9.17) is 0 Å². The van der Waals surface area contributed by atoms with Crippen LogP contribution in [0.25, 0.3) is 0 Å². The highest BCUT2D eigenvalue weighted by Crippen LogP contribution is 2.19. The summed E-state index contributed by atoms with van der Waals surface area (Å²) in [7, 11) is 3.61. The van der Waals surface area contributed by atoms with Crippen LogP contribution < -0.4 is 0 Å². The van der Waals surface area contributed by atoms with Crippen molar-refractivity contribution < 1.29 is 4.79 Å². The van der Waals surface area contributed by atoms with E-state index in [1.807, 2.05) is 31.6 Å². The number of aromatic nitrogens is 6. The highest BCUT2D eigenvalue weighted by atomic mass is 79.9. The van der Waals surface area contributed by atoms with Crippen molar-refractivity contribution in [1.29, 1.82) is 0 Å². The van der Waals surface area contributed by atoms with Gasteiger partial charge in [0.25, 0.3) is 5.91 Å². The number of halogens is 1. The fraction of sp³-hybridized carbons (Fsp3) is 0.375. The maximum atomic E-state index is 12.6. The summed E-state index contributed by atoms with van der Waals surface area (Å²) in [5.74, 6) is -0.130. The van der Waals surface area contributed by atoms with Crippen LogP contribution >= 0.6 is 15.9 Å². The molecule has 132 valence electrons. The summed E-state index contributed by atoms with van der Waals surface area (Å²) in [5, 5.41) is 13.0. The van der Waals surface area contributed by atoms with Gasteiger partial charge in [-0.05, 0) is 41.9 Å². The monoisotopic (exact) mass is 405 g/mol. The SMILES string of the molecule is Cc1nn(Cn2ccc(C(=O)N(C)Cc3ccnn3C)n2)c(C)c1Br. The third-order valence-electron chi connectivity index (χ3n) is 4.10. The van der Waals surface area contributed by atoms with Crippen LogP contribution in [-0.4, -0.2) is 47.2 Å². The number of nitrogens with zero attached hydrogens (tertiary/aromatic N) is 7. The van der Waals surface area contributed by atoms with Crippen LogP contribution in [0.2, 0.25) is 0 Å². The molecular formula is C16H20BrN7O. The van der Waals surface area contributed by atoms with Gasteiger partial charge in [0.2, 0.25) is 0 Å². The summed E-state index contributed by atoms with van der Waals surface area (Å²) >= 11 is 3.51. The van der Waals surface area contributed by atoms with E-state index < -0.39 is 0 Å². The molecule has 3 rings (SSSR count). The highest BCUT2D eigenvalue weighted by molar-refractivity contribution is 9.10. The third kappa shape index (κ3) is 3.51. The first kappa shape index (κ1) is 17.4. The Morgan fingerprint density at radius 2 is 2.04 bits per heavy atom. The van der Waals surface area contributed by atoms with Crippen LogP contribution in [0.3, 0.4) is 0 Å². The molecule has 0 radical (unpaired) electrons. The van der Waals surface area contributed by atoms with Crippen molar-refractivity contribution in [2.24, 2.45) is 7.05 Å². The van der Waals surface area contributed by atoms with Crippen LogP contribution in [0.5, 0.6) is 0 Å². The summed E-state index contributed by atoms with van der Waals surface area (Å²) in [5.41, 5.74) is 3.32. The lowest BCUT2D eigenvalue weighted by Gasteiger charge is -2.15. The van der Waals surface area contributed by atoms with Crippen LogP contribution in [-0.2, 0) is 20.3 Å². The molecule has 0 bridgehead atoms. The first-order chi connectivity index (χ1) is 11.9. The molecule has 0 aliphatic rings. The lowest BCUT2D eigenvalue weighted by molar-refractivity contribution is 0.0775. The van der Waals surface area contributed by atoms with Gasteiger partial charge in [0.05, 0.1) is 28.1 Å². The second-order valence-electron chi connectivity index (χ2n) is 5.97. The predicted octanol–water partition coefficient (Wildman–Crippen LogP) is 1.97. The van der Waals surface area contributed by atoms with Crippen molar-refractivity contribution >= 4 is 21.8 Å². The molecule has 3 aromatic heterocycles. The Kier molecular flexibility index (Phi) is 4.76. The summed E-state index contributed by atoms with van der Waals surface area (Å²) in [6.07, 6.45) is 3.50. The van der Waals surface area contributed by atoms with Crippen LogP contribution in [0.15, 0.2) is 29.0 Å². The molecule has 0 N–H and O–H groups in total. The average molecular weight is 406 g/mol. The van der Waals surface area contributed by atoms with E-state index in [1.54, 1.807) is 39.8 Å². The van der Waals surface area contributed by atoms with Gasteiger partial charge in [0.1, 0.15) is 12.4 Å². The Labute approximate surface area is 154 Å². The van der Waals surface area contributed by atoms with E-state index in [1.165, 1.54) is 0 Å². The van der Waals surface area contributed by atoms with Gasteiger partial charge >= 0.3 is 0 Å². The van der Waals surface area contributed by atoms with Gasteiger partial charge in [0, 0.05) is 26.5 Å². The van der Waals surface area contributed by atoms with Crippen LogP contribution in [0.1, 0.15) is 27.6 Å². The average Bonchev–Trinajstić information content (AvgIpc) is 3.26.